The summed E-state index contributed by atoms with van der Waals surface area (Å²) in [6.45, 7) is 1.09. The average molecular weight is 348 g/mol. The van der Waals surface area contributed by atoms with Gasteiger partial charge in [0, 0.05) is 44.2 Å². The van der Waals surface area contributed by atoms with Crippen molar-refractivity contribution < 1.29 is 4.79 Å². The van der Waals surface area contributed by atoms with E-state index < -0.39 is 11.2 Å². The van der Waals surface area contributed by atoms with Crippen molar-refractivity contribution in [3.63, 3.8) is 0 Å². The Labute approximate surface area is 143 Å². The Bertz CT molecular complexity index is 916. The second-order valence-electron chi connectivity index (χ2n) is 6.03. The Morgan fingerprint density at radius 2 is 1.88 bits per heavy atom. The zero-order valence-corrected chi connectivity index (χ0v) is 14.3. The highest BCUT2D eigenvalue weighted by molar-refractivity contribution is 6.31. The van der Waals surface area contributed by atoms with Crippen molar-refractivity contribution in [2.75, 3.05) is 13.1 Å². The van der Waals surface area contributed by atoms with Crippen molar-refractivity contribution in [2.24, 2.45) is 14.1 Å². The van der Waals surface area contributed by atoms with Gasteiger partial charge in [0.2, 0.25) is 0 Å². The maximum atomic E-state index is 12.7. The van der Waals surface area contributed by atoms with Crippen LogP contribution < -0.4 is 11.2 Å². The third-order valence-corrected chi connectivity index (χ3v) is 4.91. The lowest BCUT2D eigenvalue weighted by atomic mass is 9.98. The van der Waals surface area contributed by atoms with E-state index in [0.29, 0.717) is 18.1 Å². The molecule has 0 bridgehead atoms. The molecule has 1 aromatic carbocycles. The van der Waals surface area contributed by atoms with Gasteiger partial charge in [0.25, 0.3) is 11.5 Å². The molecule has 1 saturated heterocycles. The Balaban J connectivity index is 1.87. The number of amides is 1. The number of hydrogen-bond donors (Lipinski definition) is 0. The van der Waals surface area contributed by atoms with E-state index in [1.54, 1.807) is 4.90 Å². The number of carbonyl (C=O) groups is 1. The van der Waals surface area contributed by atoms with Crippen LogP contribution in [0.2, 0.25) is 5.02 Å². The minimum atomic E-state index is -0.507. The molecule has 2 heterocycles. The first kappa shape index (κ1) is 16.5. The van der Waals surface area contributed by atoms with Gasteiger partial charge in [-0.1, -0.05) is 29.8 Å². The van der Waals surface area contributed by atoms with E-state index in [4.69, 9.17) is 11.6 Å². The van der Waals surface area contributed by atoms with Gasteiger partial charge in [0.1, 0.15) is 5.69 Å². The van der Waals surface area contributed by atoms with E-state index in [0.717, 1.165) is 16.6 Å². The topological polar surface area (TPSA) is 64.3 Å². The lowest BCUT2D eigenvalue weighted by molar-refractivity contribution is 0.0779. The summed E-state index contributed by atoms with van der Waals surface area (Å²) in [6, 6.07) is 8.82. The summed E-state index contributed by atoms with van der Waals surface area (Å²) < 4.78 is 2.19. The summed E-state index contributed by atoms with van der Waals surface area (Å²) in [5.41, 5.74) is 0.145. The molecule has 1 amide bonds. The number of rotatable bonds is 2. The van der Waals surface area contributed by atoms with Crippen molar-refractivity contribution in [1.82, 2.24) is 14.0 Å². The standard InChI is InChI=1S/C17H18ClN3O3/c1-19-14(9-15(22)20(2)17(19)24)16(23)21-8-7-11(10-21)12-5-3-4-6-13(12)18/h3-6,9,11H,7-8,10H2,1-2H3/t11-/m0/s1. The molecule has 0 unspecified atom stereocenters. The number of benzene rings is 1. The minimum absolute atomic E-state index is 0.114. The third kappa shape index (κ3) is 2.78. The van der Waals surface area contributed by atoms with Crippen LogP contribution in [0.4, 0.5) is 0 Å². The fraction of sp³-hybridized carbons (Fsp3) is 0.353. The lowest BCUT2D eigenvalue weighted by Crippen LogP contribution is -2.41. The van der Waals surface area contributed by atoms with Crippen LogP contribution in [0.15, 0.2) is 39.9 Å². The third-order valence-electron chi connectivity index (χ3n) is 4.57. The molecule has 0 spiro atoms. The van der Waals surface area contributed by atoms with Crippen molar-refractivity contribution in [3.8, 4) is 0 Å². The normalized spacial score (nSPS) is 17.3. The van der Waals surface area contributed by atoms with Crippen LogP contribution in [0, 0.1) is 0 Å². The summed E-state index contributed by atoms with van der Waals surface area (Å²) >= 11 is 6.24. The predicted octanol–water partition coefficient (Wildman–Crippen LogP) is 1.37. The number of aromatic nitrogens is 2. The predicted molar refractivity (Wildman–Crippen MR) is 91.6 cm³/mol. The molecule has 0 radical (unpaired) electrons. The van der Waals surface area contributed by atoms with E-state index in [1.807, 2.05) is 24.3 Å². The molecule has 126 valence electrons. The van der Waals surface area contributed by atoms with Crippen LogP contribution in [0.25, 0.3) is 0 Å². The smallest absolute Gasteiger partial charge is 0.331 e. The second kappa shape index (κ2) is 6.28. The summed E-state index contributed by atoms with van der Waals surface area (Å²) in [4.78, 5) is 38.2. The van der Waals surface area contributed by atoms with Crippen LogP contribution in [0.1, 0.15) is 28.4 Å². The van der Waals surface area contributed by atoms with E-state index in [2.05, 4.69) is 0 Å². The van der Waals surface area contributed by atoms with Crippen molar-refractivity contribution >= 4 is 17.5 Å². The molecule has 24 heavy (non-hydrogen) atoms. The Morgan fingerprint density at radius 1 is 1.17 bits per heavy atom. The monoisotopic (exact) mass is 347 g/mol. The fourth-order valence-corrected chi connectivity index (χ4v) is 3.39. The molecular formula is C17H18ClN3O3. The van der Waals surface area contributed by atoms with Crippen molar-refractivity contribution in [1.29, 1.82) is 0 Å². The lowest BCUT2D eigenvalue weighted by Gasteiger charge is -2.18. The Kier molecular flexibility index (Phi) is 4.32. The molecule has 1 aliphatic heterocycles. The van der Waals surface area contributed by atoms with Crippen LogP contribution in [0.5, 0.6) is 0 Å². The summed E-state index contributed by atoms with van der Waals surface area (Å²) in [6.07, 6.45) is 0.800. The van der Waals surface area contributed by atoms with Gasteiger partial charge in [-0.25, -0.2) is 4.79 Å². The van der Waals surface area contributed by atoms with Crippen LogP contribution in [0.3, 0.4) is 0 Å². The van der Waals surface area contributed by atoms with Gasteiger partial charge in [-0.3, -0.25) is 18.7 Å². The van der Waals surface area contributed by atoms with Crippen molar-refractivity contribution in [3.05, 3.63) is 67.4 Å². The maximum absolute atomic E-state index is 12.7. The van der Waals surface area contributed by atoms with Gasteiger partial charge in [0.15, 0.2) is 0 Å². The first-order valence-electron chi connectivity index (χ1n) is 7.71. The van der Waals surface area contributed by atoms with Crippen LogP contribution in [-0.4, -0.2) is 33.0 Å². The zero-order valence-electron chi connectivity index (χ0n) is 13.5. The number of carbonyl (C=O) groups excluding carboxylic acids is 1. The van der Waals surface area contributed by atoms with Gasteiger partial charge in [-0.15, -0.1) is 0 Å². The molecular weight excluding hydrogens is 330 g/mol. The minimum Gasteiger partial charge on any atom is -0.337 e. The quantitative estimate of drug-likeness (QED) is 0.824. The van der Waals surface area contributed by atoms with Crippen LogP contribution in [-0.2, 0) is 14.1 Å². The maximum Gasteiger partial charge on any atom is 0.331 e. The summed E-state index contributed by atoms with van der Waals surface area (Å²) in [7, 11) is 2.89. The summed E-state index contributed by atoms with van der Waals surface area (Å²) in [5.74, 6) is -0.145. The molecule has 0 aliphatic carbocycles. The van der Waals surface area contributed by atoms with E-state index >= 15 is 0 Å². The van der Waals surface area contributed by atoms with E-state index in [-0.39, 0.29) is 17.5 Å². The van der Waals surface area contributed by atoms with E-state index in [1.165, 1.54) is 24.7 Å². The highest BCUT2D eigenvalue weighted by Gasteiger charge is 2.30. The van der Waals surface area contributed by atoms with Gasteiger partial charge >= 0.3 is 5.69 Å². The zero-order chi connectivity index (χ0) is 17.4. The van der Waals surface area contributed by atoms with E-state index in [9.17, 15) is 14.4 Å². The molecule has 1 aromatic heterocycles. The molecule has 0 N–H and O–H groups in total. The fourth-order valence-electron chi connectivity index (χ4n) is 3.10. The van der Waals surface area contributed by atoms with Gasteiger partial charge < -0.3 is 4.90 Å². The van der Waals surface area contributed by atoms with Gasteiger partial charge in [-0.05, 0) is 18.1 Å². The number of hydrogen-bond acceptors (Lipinski definition) is 3. The first-order valence-corrected chi connectivity index (χ1v) is 8.08. The first-order chi connectivity index (χ1) is 11.4. The Hall–Kier alpha value is -2.34. The number of likely N-dealkylation sites (tertiary alicyclic amines) is 1. The molecule has 7 heteroatoms. The van der Waals surface area contributed by atoms with Gasteiger partial charge in [-0.2, -0.15) is 0 Å². The largest absolute Gasteiger partial charge is 0.337 e. The molecule has 6 nitrogen and oxygen atoms in total. The molecule has 1 aliphatic rings. The Morgan fingerprint density at radius 3 is 2.58 bits per heavy atom. The molecule has 2 aromatic rings. The SMILES string of the molecule is Cn1c(C(=O)N2CC[C@H](c3ccccc3Cl)C2)cc(=O)n(C)c1=O. The van der Waals surface area contributed by atoms with Crippen LogP contribution >= 0.6 is 11.6 Å². The molecule has 3 rings (SSSR count). The number of halogens is 1. The second-order valence-corrected chi connectivity index (χ2v) is 6.43. The highest BCUT2D eigenvalue weighted by atomic mass is 35.5. The highest BCUT2D eigenvalue weighted by Crippen LogP contribution is 2.32. The molecule has 1 atom stereocenters. The molecule has 0 saturated carbocycles. The average Bonchev–Trinajstić information content (AvgIpc) is 3.06. The van der Waals surface area contributed by atoms with Gasteiger partial charge in [0.05, 0.1) is 0 Å². The number of nitrogens with zero attached hydrogens (tertiary/aromatic N) is 3. The van der Waals surface area contributed by atoms with Crippen molar-refractivity contribution in [2.45, 2.75) is 12.3 Å². The molecule has 1 fully saturated rings. The summed E-state index contributed by atoms with van der Waals surface area (Å²) in [5, 5.41) is 0.692.